The average Bonchev–Trinajstić information content (AvgIpc) is 2.51. The highest BCUT2D eigenvalue weighted by molar-refractivity contribution is 6.39. The summed E-state index contributed by atoms with van der Waals surface area (Å²) in [5, 5.41) is 0.466. The maximum absolute atomic E-state index is 14.2. The lowest BCUT2D eigenvalue weighted by Gasteiger charge is -2.31. The van der Waals surface area contributed by atoms with Crippen molar-refractivity contribution >= 4 is 40.8 Å². The first kappa shape index (κ1) is 24.1. The lowest BCUT2D eigenvalue weighted by Crippen LogP contribution is -2.50. The van der Waals surface area contributed by atoms with Gasteiger partial charge in [0, 0.05) is 25.6 Å². The van der Waals surface area contributed by atoms with Crippen molar-refractivity contribution in [2.24, 2.45) is 0 Å². The molecule has 1 aliphatic rings. The van der Waals surface area contributed by atoms with Gasteiger partial charge in [0.05, 0.1) is 15.7 Å². The maximum atomic E-state index is 14.2. The van der Waals surface area contributed by atoms with Crippen molar-refractivity contribution in [2.45, 2.75) is 37.7 Å². The standard InChI is InChI=1S/C16H10Cl2F7NO4/c1-13(2)29-11(27)7(12(28)30-13)5-26-10-8(17)3-6(4-9(10)18)14(19,15(20,21)22)16(23,24)25/h3-5,26H,1-2H3. The predicted octanol–water partition coefficient (Wildman–Crippen LogP) is 5.41. The molecule has 0 spiro atoms. The summed E-state index contributed by atoms with van der Waals surface area (Å²) in [6.07, 6.45) is -12.1. The predicted molar refractivity (Wildman–Crippen MR) is 89.3 cm³/mol. The third-order valence-electron chi connectivity index (χ3n) is 3.70. The molecular weight excluding hydrogens is 474 g/mol. The molecule has 5 nitrogen and oxygen atoms in total. The van der Waals surface area contributed by atoms with Crippen LogP contribution < -0.4 is 5.32 Å². The van der Waals surface area contributed by atoms with Crippen LogP contribution in [0.1, 0.15) is 19.4 Å². The zero-order chi connectivity index (χ0) is 23.3. The van der Waals surface area contributed by atoms with E-state index in [-0.39, 0.29) is 12.1 Å². The Balaban J connectivity index is 2.45. The molecule has 1 heterocycles. The van der Waals surface area contributed by atoms with E-state index in [2.05, 4.69) is 5.32 Å². The number of hydrogen-bond acceptors (Lipinski definition) is 5. The molecule has 0 aromatic heterocycles. The quantitative estimate of drug-likeness (QED) is 0.269. The van der Waals surface area contributed by atoms with Crippen LogP contribution in [0, 0.1) is 0 Å². The summed E-state index contributed by atoms with van der Waals surface area (Å²) in [5.41, 5.74) is -8.86. The van der Waals surface area contributed by atoms with Gasteiger partial charge in [-0.1, -0.05) is 23.2 Å². The topological polar surface area (TPSA) is 64.6 Å². The molecule has 0 aliphatic carbocycles. The van der Waals surface area contributed by atoms with E-state index in [4.69, 9.17) is 32.7 Å². The second-order valence-electron chi connectivity index (χ2n) is 6.35. The van der Waals surface area contributed by atoms with Crippen LogP contribution in [0.15, 0.2) is 23.9 Å². The van der Waals surface area contributed by atoms with Crippen LogP contribution in [0.2, 0.25) is 10.0 Å². The van der Waals surface area contributed by atoms with Crippen LogP contribution >= 0.6 is 23.2 Å². The first-order chi connectivity index (χ1) is 13.4. The largest absolute Gasteiger partial charge is 0.435 e. The van der Waals surface area contributed by atoms with E-state index < -0.39 is 62.6 Å². The Morgan fingerprint density at radius 3 is 1.67 bits per heavy atom. The van der Waals surface area contributed by atoms with Gasteiger partial charge in [0.15, 0.2) is 5.57 Å². The fourth-order valence-electron chi connectivity index (χ4n) is 2.32. The van der Waals surface area contributed by atoms with Crippen LogP contribution in [-0.2, 0) is 24.7 Å². The average molecular weight is 484 g/mol. The Bertz CT molecular complexity index is 866. The Morgan fingerprint density at radius 2 is 1.30 bits per heavy atom. The fourth-order valence-corrected chi connectivity index (χ4v) is 2.92. The fraction of sp³-hybridized carbons (Fsp3) is 0.375. The van der Waals surface area contributed by atoms with E-state index in [1.165, 1.54) is 13.8 Å². The number of benzene rings is 1. The van der Waals surface area contributed by atoms with E-state index >= 15 is 0 Å². The number of alkyl halides is 7. The lowest BCUT2D eigenvalue weighted by molar-refractivity contribution is -0.348. The van der Waals surface area contributed by atoms with Gasteiger partial charge >= 0.3 is 30.0 Å². The number of nitrogens with one attached hydrogen (secondary N) is 1. The van der Waals surface area contributed by atoms with Gasteiger partial charge in [-0.15, -0.1) is 0 Å². The SMILES string of the molecule is CC1(C)OC(=O)C(=CNc2c(Cl)cc(C(F)(C(F)(F)F)C(F)(F)F)cc2Cl)C(=O)O1. The van der Waals surface area contributed by atoms with Crippen LogP contribution in [-0.4, -0.2) is 30.1 Å². The minimum atomic E-state index is -6.36. The third kappa shape index (κ3) is 4.29. The molecule has 0 radical (unpaired) electrons. The molecule has 1 aromatic rings. The van der Waals surface area contributed by atoms with E-state index in [0.29, 0.717) is 6.20 Å². The number of cyclic esters (lactones) is 2. The number of hydrogen-bond donors (Lipinski definition) is 1. The number of anilines is 1. The van der Waals surface area contributed by atoms with Crippen LogP contribution in [0.4, 0.5) is 36.4 Å². The van der Waals surface area contributed by atoms with Crippen LogP contribution in [0.25, 0.3) is 0 Å². The van der Waals surface area contributed by atoms with Crippen LogP contribution in [0.3, 0.4) is 0 Å². The zero-order valence-electron chi connectivity index (χ0n) is 14.8. The summed E-state index contributed by atoms with van der Waals surface area (Å²) in [6, 6.07) is 0.131. The molecule has 1 N–H and O–H groups in total. The number of carbonyl (C=O) groups excluding carboxylic acids is 2. The number of halogens is 9. The molecule has 1 fully saturated rings. The highest BCUT2D eigenvalue weighted by Crippen LogP contribution is 2.54. The van der Waals surface area contributed by atoms with Crippen molar-refractivity contribution in [3.63, 3.8) is 0 Å². The van der Waals surface area contributed by atoms with Crippen molar-refractivity contribution in [2.75, 3.05) is 5.32 Å². The second-order valence-corrected chi connectivity index (χ2v) is 7.16. The molecule has 166 valence electrons. The Kier molecular flexibility index (Phi) is 6.00. The van der Waals surface area contributed by atoms with Gasteiger partial charge in [-0.3, -0.25) is 0 Å². The van der Waals surface area contributed by atoms with Crippen molar-refractivity contribution in [3.05, 3.63) is 39.5 Å². The molecular formula is C16H10Cl2F7NO4. The molecule has 1 saturated heterocycles. The zero-order valence-corrected chi connectivity index (χ0v) is 16.3. The highest BCUT2D eigenvalue weighted by atomic mass is 35.5. The molecule has 1 aliphatic heterocycles. The Labute approximate surface area is 173 Å². The van der Waals surface area contributed by atoms with E-state index in [9.17, 15) is 40.3 Å². The molecule has 0 bridgehead atoms. The first-order valence-electron chi connectivity index (χ1n) is 7.66. The van der Waals surface area contributed by atoms with Gasteiger partial charge in [-0.2, -0.15) is 26.3 Å². The first-order valence-corrected chi connectivity index (χ1v) is 8.41. The van der Waals surface area contributed by atoms with E-state index in [1.807, 2.05) is 0 Å². The third-order valence-corrected chi connectivity index (χ3v) is 4.29. The summed E-state index contributed by atoms with van der Waals surface area (Å²) in [7, 11) is 0. The van der Waals surface area contributed by atoms with Crippen molar-refractivity contribution in [1.29, 1.82) is 0 Å². The summed E-state index contributed by atoms with van der Waals surface area (Å²) >= 11 is 11.3. The van der Waals surface area contributed by atoms with Crippen molar-refractivity contribution < 1.29 is 49.8 Å². The van der Waals surface area contributed by atoms with Gasteiger partial charge < -0.3 is 14.8 Å². The van der Waals surface area contributed by atoms with E-state index in [0.717, 1.165) is 0 Å². The Hall–Kier alpha value is -2.21. The van der Waals surface area contributed by atoms with Gasteiger partial charge in [0.2, 0.25) is 0 Å². The second kappa shape index (κ2) is 7.49. The van der Waals surface area contributed by atoms with E-state index in [1.54, 1.807) is 0 Å². The molecule has 0 unspecified atom stereocenters. The smallest absolute Gasteiger partial charge is 0.419 e. The van der Waals surface area contributed by atoms with Crippen LogP contribution in [0.5, 0.6) is 0 Å². The van der Waals surface area contributed by atoms with Crippen molar-refractivity contribution in [3.8, 4) is 0 Å². The van der Waals surface area contributed by atoms with Gasteiger partial charge in [-0.05, 0) is 12.1 Å². The molecule has 0 saturated carbocycles. The lowest BCUT2D eigenvalue weighted by atomic mass is 9.94. The molecule has 0 amide bonds. The van der Waals surface area contributed by atoms with Gasteiger partial charge in [0.25, 0.3) is 5.79 Å². The highest BCUT2D eigenvalue weighted by Gasteiger charge is 2.73. The normalized spacial score (nSPS) is 17.4. The molecule has 2 rings (SSSR count). The number of esters is 2. The monoisotopic (exact) mass is 483 g/mol. The summed E-state index contributed by atoms with van der Waals surface area (Å²) < 4.78 is 101. The van der Waals surface area contributed by atoms with Crippen molar-refractivity contribution in [1.82, 2.24) is 0 Å². The number of ether oxygens (including phenoxy) is 2. The van der Waals surface area contributed by atoms with Gasteiger partial charge in [0.1, 0.15) is 0 Å². The maximum Gasteiger partial charge on any atom is 0.435 e. The minimum Gasteiger partial charge on any atom is -0.419 e. The molecule has 14 heteroatoms. The molecule has 0 atom stereocenters. The Morgan fingerprint density at radius 1 is 0.900 bits per heavy atom. The number of carbonyl (C=O) groups is 2. The molecule has 30 heavy (non-hydrogen) atoms. The summed E-state index contributed by atoms with van der Waals surface area (Å²) in [5.74, 6) is -3.82. The summed E-state index contributed by atoms with van der Waals surface area (Å²) in [6.45, 7) is 2.54. The van der Waals surface area contributed by atoms with Gasteiger partial charge in [-0.25, -0.2) is 14.0 Å². The number of rotatable bonds is 3. The minimum absolute atomic E-state index is 0.0654. The summed E-state index contributed by atoms with van der Waals surface area (Å²) in [4.78, 5) is 23.6. The molecule has 1 aromatic carbocycles.